The molecule has 2 aromatic carbocycles. The van der Waals surface area contributed by atoms with Crippen LogP contribution in [0.25, 0.3) is 6.08 Å². The minimum absolute atomic E-state index is 0.122. The van der Waals surface area contributed by atoms with Crippen LogP contribution < -0.4 is 5.32 Å². The Morgan fingerprint density at radius 2 is 1.75 bits per heavy atom. The number of amides is 1. The highest BCUT2D eigenvalue weighted by atomic mass is 79.9. The molecule has 0 unspecified atom stereocenters. The summed E-state index contributed by atoms with van der Waals surface area (Å²) < 4.78 is 1.02. The van der Waals surface area contributed by atoms with E-state index in [4.69, 9.17) is 11.6 Å². The van der Waals surface area contributed by atoms with Crippen molar-refractivity contribution in [1.29, 1.82) is 0 Å². The third-order valence-electron chi connectivity index (χ3n) is 2.68. The summed E-state index contributed by atoms with van der Waals surface area (Å²) in [6, 6.07) is 15.1. The molecule has 2 rings (SSSR count). The van der Waals surface area contributed by atoms with E-state index in [2.05, 4.69) is 21.2 Å². The molecule has 1 N–H and O–H groups in total. The summed E-state index contributed by atoms with van der Waals surface area (Å²) >= 11 is 9.17. The highest BCUT2D eigenvalue weighted by Crippen LogP contribution is 2.11. The van der Waals surface area contributed by atoms with Crippen LogP contribution in [0.3, 0.4) is 0 Å². The first-order valence-electron chi connectivity index (χ1n) is 6.09. The van der Waals surface area contributed by atoms with E-state index in [-0.39, 0.29) is 5.91 Å². The van der Waals surface area contributed by atoms with Crippen molar-refractivity contribution in [2.24, 2.45) is 0 Å². The van der Waals surface area contributed by atoms with Crippen LogP contribution in [0.2, 0.25) is 5.02 Å². The molecular weight excluding hydrogens is 338 g/mol. The zero-order valence-electron chi connectivity index (χ0n) is 10.6. The predicted molar refractivity (Wildman–Crippen MR) is 86.5 cm³/mol. The lowest BCUT2D eigenvalue weighted by Gasteiger charge is -2.02. The Balaban J connectivity index is 1.86. The number of rotatable bonds is 4. The Hall–Kier alpha value is -1.58. The molecule has 0 heterocycles. The molecule has 0 atom stereocenters. The van der Waals surface area contributed by atoms with E-state index in [9.17, 15) is 4.79 Å². The Labute approximate surface area is 131 Å². The van der Waals surface area contributed by atoms with Gasteiger partial charge in [0.15, 0.2) is 0 Å². The van der Waals surface area contributed by atoms with Gasteiger partial charge >= 0.3 is 0 Å². The molecule has 0 aliphatic heterocycles. The molecule has 2 aromatic rings. The first-order chi connectivity index (χ1) is 9.63. The van der Waals surface area contributed by atoms with Gasteiger partial charge in [0.1, 0.15) is 0 Å². The molecule has 4 heteroatoms. The van der Waals surface area contributed by atoms with E-state index in [1.165, 1.54) is 6.08 Å². The lowest BCUT2D eigenvalue weighted by atomic mass is 10.2. The molecule has 0 aliphatic rings. The lowest BCUT2D eigenvalue weighted by Crippen LogP contribution is -2.20. The van der Waals surface area contributed by atoms with Gasteiger partial charge in [0.2, 0.25) is 5.91 Å². The summed E-state index contributed by atoms with van der Waals surface area (Å²) in [6.45, 7) is 0.487. The van der Waals surface area contributed by atoms with Crippen LogP contribution in [0.15, 0.2) is 59.1 Å². The summed E-state index contributed by atoms with van der Waals surface area (Å²) in [5, 5.41) is 3.51. The molecule has 0 bridgehead atoms. The second-order valence-electron chi connectivity index (χ2n) is 4.23. The predicted octanol–water partition coefficient (Wildman–Crippen LogP) is 4.43. The topological polar surface area (TPSA) is 29.1 Å². The van der Waals surface area contributed by atoms with E-state index in [0.717, 1.165) is 15.6 Å². The average Bonchev–Trinajstić information content (AvgIpc) is 2.46. The zero-order chi connectivity index (χ0) is 14.4. The molecule has 0 aromatic heterocycles. The Morgan fingerprint density at radius 3 is 2.40 bits per heavy atom. The van der Waals surface area contributed by atoms with Gasteiger partial charge in [-0.2, -0.15) is 0 Å². The number of benzene rings is 2. The van der Waals surface area contributed by atoms with Gasteiger partial charge in [-0.25, -0.2) is 0 Å². The van der Waals surface area contributed by atoms with Gasteiger partial charge in [-0.05, 0) is 41.5 Å². The minimum Gasteiger partial charge on any atom is -0.348 e. The third-order valence-corrected chi connectivity index (χ3v) is 3.46. The molecule has 1 amide bonds. The van der Waals surface area contributed by atoms with E-state index < -0.39 is 0 Å². The Kier molecular flexibility index (Phi) is 5.39. The van der Waals surface area contributed by atoms with Gasteiger partial charge in [0.25, 0.3) is 0 Å². The molecule has 102 valence electrons. The van der Waals surface area contributed by atoms with Crippen molar-refractivity contribution in [3.05, 3.63) is 75.2 Å². The van der Waals surface area contributed by atoms with Crippen LogP contribution in [-0.4, -0.2) is 5.91 Å². The van der Waals surface area contributed by atoms with Crippen LogP contribution in [0.4, 0.5) is 0 Å². The fourth-order valence-electron chi connectivity index (χ4n) is 1.60. The highest BCUT2D eigenvalue weighted by Gasteiger charge is 1.97. The van der Waals surface area contributed by atoms with Crippen molar-refractivity contribution < 1.29 is 4.79 Å². The van der Waals surface area contributed by atoms with Gasteiger partial charge in [-0.15, -0.1) is 0 Å². The quantitative estimate of drug-likeness (QED) is 0.812. The largest absolute Gasteiger partial charge is 0.348 e. The van der Waals surface area contributed by atoms with Crippen LogP contribution >= 0.6 is 27.5 Å². The van der Waals surface area contributed by atoms with Gasteiger partial charge in [0, 0.05) is 22.1 Å². The van der Waals surface area contributed by atoms with Crippen molar-refractivity contribution in [2.45, 2.75) is 6.54 Å². The van der Waals surface area contributed by atoms with Gasteiger partial charge in [0.05, 0.1) is 0 Å². The van der Waals surface area contributed by atoms with Gasteiger partial charge < -0.3 is 5.32 Å². The molecule has 0 aliphatic carbocycles. The van der Waals surface area contributed by atoms with Crippen molar-refractivity contribution in [1.82, 2.24) is 5.32 Å². The number of hydrogen-bond acceptors (Lipinski definition) is 1. The standard InChI is InChI=1S/C16H13BrClNO/c17-14-6-1-12(2-7-14)5-10-16(20)19-11-13-3-8-15(18)9-4-13/h1-10H,11H2,(H,19,20). The first kappa shape index (κ1) is 14.8. The third kappa shape index (κ3) is 4.83. The van der Waals surface area contributed by atoms with Crippen LogP contribution in [0.1, 0.15) is 11.1 Å². The summed E-state index contributed by atoms with van der Waals surface area (Å²) in [7, 11) is 0. The van der Waals surface area contributed by atoms with Crippen molar-refractivity contribution >= 4 is 39.5 Å². The monoisotopic (exact) mass is 349 g/mol. The normalized spacial score (nSPS) is 10.7. The molecule has 0 saturated heterocycles. The number of carbonyl (C=O) groups excluding carboxylic acids is 1. The molecule has 20 heavy (non-hydrogen) atoms. The van der Waals surface area contributed by atoms with Crippen molar-refractivity contribution in [3.63, 3.8) is 0 Å². The summed E-state index contributed by atoms with van der Waals surface area (Å²) in [5.74, 6) is -0.122. The maximum absolute atomic E-state index is 11.7. The number of halogens is 2. The Bertz CT molecular complexity index is 605. The molecule has 0 spiro atoms. The van der Waals surface area contributed by atoms with Crippen LogP contribution in [0.5, 0.6) is 0 Å². The summed E-state index contributed by atoms with van der Waals surface area (Å²) in [5.41, 5.74) is 2.00. The molecule has 0 fully saturated rings. The van der Waals surface area contributed by atoms with Crippen LogP contribution in [-0.2, 0) is 11.3 Å². The number of hydrogen-bond donors (Lipinski definition) is 1. The number of carbonyl (C=O) groups is 1. The lowest BCUT2D eigenvalue weighted by molar-refractivity contribution is -0.116. The smallest absolute Gasteiger partial charge is 0.244 e. The van der Waals surface area contributed by atoms with Crippen LogP contribution in [0, 0.1) is 0 Å². The second kappa shape index (κ2) is 7.27. The van der Waals surface area contributed by atoms with E-state index in [1.807, 2.05) is 36.4 Å². The van der Waals surface area contributed by atoms with E-state index in [0.29, 0.717) is 11.6 Å². The summed E-state index contributed by atoms with van der Waals surface area (Å²) in [6.07, 6.45) is 3.31. The maximum atomic E-state index is 11.7. The van der Waals surface area contributed by atoms with Crippen molar-refractivity contribution in [2.75, 3.05) is 0 Å². The average molecular weight is 351 g/mol. The number of nitrogens with one attached hydrogen (secondary N) is 1. The Morgan fingerprint density at radius 1 is 1.10 bits per heavy atom. The summed E-state index contributed by atoms with van der Waals surface area (Å²) in [4.78, 5) is 11.7. The molecule has 2 nitrogen and oxygen atoms in total. The maximum Gasteiger partial charge on any atom is 0.244 e. The highest BCUT2D eigenvalue weighted by molar-refractivity contribution is 9.10. The van der Waals surface area contributed by atoms with E-state index in [1.54, 1.807) is 18.2 Å². The first-order valence-corrected chi connectivity index (χ1v) is 7.26. The van der Waals surface area contributed by atoms with Gasteiger partial charge in [-0.3, -0.25) is 4.79 Å². The van der Waals surface area contributed by atoms with E-state index >= 15 is 0 Å². The zero-order valence-corrected chi connectivity index (χ0v) is 13.0. The minimum atomic E-state index is -0.122. The van der Waals surface area contributed by atoms with Crippen molar-refractivity contribution in [3.8, 4) is 0 Å². The molecule has 0 radical (unpaired) electrons. The fourth-order valence-corrected chi connectivity index (χ4v) is 1.99. The second-order valence-corrected chi connectivity index (χ2v) is 5.58. The molecular formula is C16H13BrClNO. The molecule has 0 saturated carbocycles. The van der Waals surface area contributed by atoms with Gasteiger partial charge in [-0.1, -0.05) is 51.8 Å². The fraction of sp³-hybridized carbons (Fsp3) is 0.0625. The SMILES string of the molecule is O=C(C=Cc1ccc(Br)cc1)NCc1ccc(Cl)cc1.